The first-order chi connectivity index (χ1) is 17.8. The molecule has 0 spiro atoms. The summed E-state index contributed by atoms with van der Waals surface area (Å²) in [6.07, 6.45) is 2.70. The molecule has 3 aromatic rings. The Morgan fingerprint density at radius 2 is 1.89 bits per heavy atom. The molecule has 4 rings (SSSR count). The van der Waals surface area contributed by atoms with E-state index in [0.717, 1.165) is 22.3 Å². The van der Waals surface area contributed by atoms with Crippen LogP contribution in [0.5, 0.6) is 0 Å². The molecule has 4 N–H and O–H groups in total. The van der Waals surface area contributed by atoms with Crippen molar-refractivity contribution in [2.75, 3.05) is 30.9 Å². The van der Waals surface area contributed by atoms with Gasteiger partial charge in [-0.15, -0.1) is 0 Å². The van der Waals surface area contributed by atoms with E-state index in [1.54, 1.807) is 27.2 Å². The number of methoxy groups -OCH3 is 1. The molecule has 10 heteroatoms. The molecule has 3 aromatic heterocycles. The summed E-state index contributed by atoms with van der Waals surface area (Å²) in [6, 6.07) is 3.73. The molecule has 10 nitrogen and oxygen atoms in total. The summed E-state index contributed by atoms with van der Waals surface area (Å²) in [7, 11) is 1.64. The van der Waals surface area contributed by atoms with Gasteiger partial charge in [-0.05, 0) is 57.1 Å². The SMILES string of the molecule is COCc1cc2cc(-c3c(C)nc(NCC(C)(C)C)nc3N[C@@H]3C[C@H](CO)C[C@H]3OC(C)(C)O)oc2cn1. The molecule has 0 amide bonds. The normalized spacial score (nSPS) is 20.3. The molecular weight excluding hydrogens is 486 g/mol. The van der Waals surface area contributed by atoms with E-state index in [1.807, 2.05) is 19.1 Å². The third kappa shape index (κ3) is 6.99. The van der Waals surface area contributed by atoms with Crippen LogP contribution in [0.15, 0.2) is 22.7 Å². The molecule has 1 saturated carbocycles. The van der Waals surface area contributed by atoms with E-state index in [9.17, 15) is 10.2 Å². The zero-order valence-corrected chi connectivity index (χ0v) is 23.5. The number of ether oxygens (including phenoxy) is 2. The van der Waals surface area contributed by atoms with Gasteiger partial charge >= 0.3 is 0 Å². The summed E-state index contributed by atoms with van der Waals surface area (Å²) in [4.78, 5) is 14.0. The second-order valence-electron chi connectivity index (χ2n) is 11.9. The predicted octanol–water partition coefficient (Wildman–Crippen LogP) is 4.49. The highest BCUT2D eigenvalue weighted by Crippen LogP contribution is 2.38. The number of aliphatic hydroxyl groups excluding tert-OH is 1. The van der Waals surface area contributed by atoms with Gasteiger partial charge in [0.1, 0.15) is 11.6 Å². The Morgan fingerprint density at radius 1 is 1.13 bits per heavy atom. The van der Waals surface area contributed by atoms with E-state index >= 15 is 0 Å². The number of anilines is 2. The minimum Gasteiger partial charge on any atom is -0.454 e. The van der Waals surface area contributed by atoms with Crippen molar-refractivity contribution in [3.05, 3.63) is 29.7 Å². The maximum atomic E-state index is 10.4. The van der Waals surface area contributed by atoms with E-state index in [-0.39, 0.29) is 30.1 Å². The number of pyridine rings is 1. The Hall–Kier alpha value is -2.79. The number of furan rings is 1. The van der Waals surface area contributed by atoms with Crippen LogP contribution in [0.25, 0.3) is 22.3 Å². The van der Waals surface area contributed by atoms with E-state index in [0.29, 0.717) is 49.1 Å². The number of aliphatic hydroxyl groups is 2. The van der Waals surface area contributed by atoms with Gasteiger partial charge in [-0.3, -0.25) is 4.98 Å². The van der Waals surface area contributed by atoms with E-state index in [1.165, 1.54) is 0 Å². The second-order valence-corrected chi connectivity index (χ2v) is 11.9. The largest absolute Gasteiger partial charge is 0.454 e. The molecule has 0 saturated heterocycles. The lowest BCUT2D eigenvalue weighted by molar-refractivity contribution is -0.205. The number of hydrogen-bond donors (Lipinski definition) is 4. The average Bonchev–Trinajstić information content (AvgIpc) is 3.39. The van der Waals surface area contributed by atoms with Crippen LogP contribution in [0, 0.1) is 18.3 Å². The van der Waals surface area contributed by atoms with E-state index in [2.05, 4.69) is 36.4 Å². The number of aryl methyl sites for hydroxylation is 1. The smallest absolute Gasteiger partial charge is 0.224 e. The molecule has 38 heavy (non-hydrogen) atoms. The van der Waals surface area contributed by atoms with Gasteiger partial charge in [-0.2, -0.15) is 4.98 Å². The van der Waals surface area contributed by atoms with Crippen LogP contribution in [-0.2, 0) is 16.1 Å². The number of aromatic nitrogens is 3. The molecule has 1 aliphatic rings. The molecule has 0 radical (unpaired) electrons. The Bertz CT molecular complexity index is 1250. The fourth-order valence-electron chi connectivity index (χ4n) is 4.81. The third-order valence-electron chi connectivity index (χ3n) is 6.49. The van der Waals surface area contributed by atoms with E-state index < -0.39 is 5.79 Å². The monoisotopic (exact) mass is 527 g/mol. The van der Waals surface area contributed by atoms with Gasteiger partial charge in [0, 0.05) is 25.6 Å². The highest BCUT2D eigenvalue weighted by molar-refractivity contribution is 5.86. The van der Waals surface area contributed by atoms with Gasteiger partial charge in [0.2, 0.25) is 5.95 Å². The maximum absolute atomic E-state index is 10.4. The fourth-order valence-corrected chi connectivity index (χ4v) is 4.81. The molecule has 0 aliphatic heterocycles. The highest BCUT2D eigenvalue weighted by Gasteiger charge is 2.38. The molecular formula is C28H41N5O5. The first kappa shape index (κ1) is 28.2. The predicted molar refractivity (Wildman–Crippen MR) is 147 cm³/mol. The topological polar surface area (TPSA) is 135 Å². The lowest BCUT2D eigenvalue weighted by atomic mass is 9.97. The lowest BCUT2D eigenvalue weighted by Gasteiger charge is -2.29. The van der Waals surface area contributed by atoms with Gasteiger partial charge in [-0.25, -0.2) is 4.98 Å². The first-order valence-electron chi connectivity index (χ1n) is 13.1. The van der Waals surface area contributed by atoms with Gasteiger partial charge in [-0.1, -0.05) is 20.8 Å². The summed E-state index contributed by atoms with van der Waals surface area (Å²) in [5, 5.41) is 28.0. The molecule has 0 aromatic carbocycles. The van der Waals surface area contributed by atoms with Crippen molar-refractivity contribution in [2.45, 2.75) is 78.9 Å². The van der Waals surface area contributed by atoms with Crippen molar-refractivity contribution in [1.82, 2.24) is 15.0 Å². The molecule has 0 unspecified atom stereocenters. The maximum Gasteiger partial charge on any atom is 0.224 e. The zero-order valence-electron chi connectivity index (χ0n) is 23.5. The number of nitrogens with zero attached hydrogens (tertiary/aromatic N) is 3. The Labute approximate surface area is 224 Å². The Morgan fingerprint density at radius 3 is 2.55 bits per heavy atom. The lowest BCUT2D eigenvalue weighted by Crippen LogP contribution is -2.38. The second kappa shape index (κ2) is 11.1. The number of rotatable bonds is 10. The zero-order chi connectivity index (χ0) is 27.7. The van der Waals surface area contributed by atoms with Crippen molar-refractivity contribution in [3.63, 3.8) is 0 Å². The highest BCUT2D eigenvalue weighted by atomic mass is 16.6. The van der Waals surface area contributed by atoms with Crippen LogP contribution in [0.1, 0.15) is 58.8 Å². The van der Waals surface area contributed by atoms with Crippen LogP contribution >= 0.6 is 0 Å². The Balaban J connectivity index is 1.75. The van der Waals surface area contributed by atoms with Gasteiger partial charge < -0.3 is 34.7 Å². The van der Waals surface area contributed by atoms with E-state index in [4.69, 9.17) is 23.9 Å². The molecule has 0 bridgehead atoms. The molecule has 1 fully saturated rings. The minimum absolute atomic E-state index is 0.0423. The first-order valence-corrected chi connectivity index (χ1v) is 13.1. The standard InChI is InChI=1S/C28H41N5O5/c1-16-24(22-11-18-10-19(14-36-7)29-12-23(18)37-22)25(33-26(31-16)30-15-27(2,3)4)32-20-8-17(13-34)9-21(20)38-28(5,6)35/h10-12,17,20-21,34-35H,8-9,13-15H2,1-7H3,(H2,30,31,32,33)/t17-,20+,21+/m0/s1. The number of fused-ring (bicyclic) bond motifs is 1. The van der Waals surface area contributed by atoms with Crippen LogP contribution in [0.2, 0.25) is 0 Å². The van der Waals surface area contributed by atoms with Crippen LogP contribution in [-0.4, -0.2) is 63.4 Å². The molecule has 3 atom stereocenters. The summed E-state index contributed by atoms with van der Waals surface area (Å²) in [6.45, 7) is 12.8. The Kier molecular flexibility index (Phi) is 8.27. The van der Waals surface area contributed by atoms with Gasteiger partial charge in [0.25, 0.3) is 0 Å². The van der Waals surface area contributed by atoms with Crippen molar-refractivity contribution < 1.29 is 24.1 Å². The summed E-state index contributed by atoms with van der Waals surface area (Å²) >= 11 is 0. The molecule has 3 heterocycles. The minimum atomic E-state index is -1.30. The fraction of sp³-hybridized carbons (Fsp3) is 0.607. The van der Waals surface area contributed by atoms with Crippen LogP contribution in [0.4, 0.5) is 11.8 Å². The molecule has 208 valence electrons. The summed E-state index contributed by atoms with van der Waals surface area (Å²) in [5.41, 5.74) is 3.00. The quantitative estimate of drug-likeness (QED) is 0.279. The number of hydrogen-bond acceptors (Lipinski definition) is 10. The van der Waals surface area contributed by atoms with Crippen molar-refractivity contribution in [1.29, 1.82) is 0 Å². The van der Waals surface area contributed by atoms with Crippen molar-refractivity contribution in [2.24, 2.45) is 11.3 Å². The van der Waals surface area contributed by atoms with Crippen LogP contribution < -0.4 is 10.6 Å². The summed E-state index contributed by atoms with van der Waals surface area (Å²) in [5.74, 6) is 0.493. The van der Waals surface area contributed by atoms with Crippen molar-refractivity contribution in [3.8, 4) is 11.3 Å². The van der Waals surface area contributed by atoms with Crippen molar-refractivity contribution >= 4 is 22.7 Å². The third-order valence-corrected chi connectivity index (χ3v) is 6.49. The average molecular weight is 528 g/mol. The van der Waals surface area contributed by atoms with Gasteiger partial charge in [0.05, 0.1) is 41.9 Å². The van der Waals surface area contributed by atoms with Crippen LogP contribution in [0.3, 0.4) is 0 Å². The number of nitrogens with one attached hydrogen (secondary N) is 2. The van der Waals surface area contributed by atoms with Gasteiger partial charge in [0.15, 0.2) is 11.4 Å². The molecule has 1 aliphatic carbocycles. The summed E-state index contributed by atoms with van der Waals surface area (Å²) < 4.78 is 17.4.